The first kappa shape index (κ1) is 20.5. The van der Waals surface area contributed by atoms with Gasteiger partial charge in [-0.1, -0.05) is 34.1 Å². The fourth-order valence-electron chi connectivity index (χ4n) is 2.98. The van der Waals surface area contributed by atoms with Crippen LogP contribution in [0.25, 0.3) is 0 Å². The summed E-state index contributed by atoms with van der Waals surface area (Å²) in [6.07, 6.45) is 0.448. The molecule has 2 amide bonds. The minimum Gasteiger partial charge on any atom is -0.379 e. The van der Waals surface area contributed by atoms with E-state index in [1.54, 1.807) is 12.1 Å². The van der Waals surface area contributed by atoms with Crippen LogP contribution in [-0.2, 0) is 16.1 Å². The van der Waals surface area contributed by atoms with Crippen molar-refractivity contribution in [2.24, 2.45) is 0 Å². The summed E-state index contributed by atoms with van der Waals surface area (Å²) in [5.41, 5.74) is 2.26. The Morgan fingerprint density at radius 1 is 1.07 bits per heavy atom. The smallest absolute Gasteiger partial charge is 0.251 e. The molecule has 1 fully saturated rings. The molecular formula is C21H24BrN3O3. The van der Waals surface area contributed by atoms with Crippen LogP contribution in [-0.4, -0.2) is 49.6 Å². The summed E-state index contributed by atoms with van der Waals surface area (Å²) in [6.45, 7) is 4.34. The maximum atomic E-state index is 12.3. The lowest BCUT2D eigenvalue weighted by Gasteiger charge is -2.26. The van der Waals surface area contributed by atoms with Crippen LogP contribution in [0.2, 0.25) is 0 Å². The van der Waals surface area contributed by atoms with E-state index in [0.717, 1.165) is 48.6 Å². The average Bonchev–Trinajstić information content (AvgIpc) is 2.71. The third kappa shape index (κ3) is 6.44. The molecule has 0 atom stereocenters. The molecule has 3 rings (SSSR count). The van der Waals surface area contributed by atoms with Gasteiger partial charge in [-0.15, -0.1) is 0 Å². The third-order valence-corrected chi connectivity index (χ3v) is 5.00. The Bertz CT molecular complexity index is 822. The highest BCUT2D eigenvalue weighted by Crippen LogP contribution is 2.13. The Hall–Kier alpha value is -2.22. The maximum absolute atomic E-state index is 12.3. The molecule has 0 aliphatic carbocycles. The molecule has 0 unspecified atom stereocenters. The number of hydrogen-bond donors (Lipinski definition) is 2. The predicted octanol–water partition coefficient (Wildman–Crippen LogP) is 3.04. The first-order valence-electron chi connectivity index (χ1n) is 9.33. The van der Waals surface area contributed by atoms with E-state index in [-0.39, 0.29) is 11.8 Å². The number of carbonyl (C=O) groups is 2. The fraction of sp³-hybridized carbons (Fsp3) is 0.333. The molecule has 148 valence electrons. The zero-order chi connectivity index (χ0) is 19.8. The van der Waals surface area contributed by atoms with Crippen molar-refractivity contribution in [1.29, 1.82) is 0 Å². The highest BCUT2D eigenvalue weighted by atomic mass is 79.9. The van der Waals surface area contributed by atoms with Crippen LogP contribution < -0.4 is 10.6 Å². The number of nitrogens with zero attached hydrogens (tertiary/aromatic N) is 1. The second kappa shape index (κ2) is 10.4. The average molecular weight is 446 g/mol. The number of benzene rings is 2. The lowest BCUT2D eigenvalue weighted by molar-refractivity contribution is -0.116. The molecule has 7 heteroatoms. The topological polar surface area (TPSA) is 70.7 Å². The van der Waals surface area contributed by atoms with E-state index in [4.69, 9.17) is 4.74 Å². The lowest BCUT2D eigenvalue weighted by Crippen LogP contribution is -2.38. The zero-order valence-corrected chi connectivity index (χ0v) is 17.2. The van der Waals surface area contributed by atoms with Crippen LogP contribution in [0.5, 0.6) is 0 Å². The molecule has 1 aliphatic rings. The Balaban J connectivity index is 1.47. The summed E-state index contributed by atoms with van der Waals surface area (Å²) in [6, 6.07) is 14.8. The van der Waals surface area contributed by atoms with Crippen molar-refractivity contribution in [3.05, 3.63) is 64.1 Å². The van der Waals surface area contributed by atoms with E-state index >= 15 is 0 Å². The Labute approximate surface area is 173 Å². The normalized spacial score (nSPS) is 14.5. The van der Waals surface area contributed by atoms with Crippen molar-refractivity contribution < 1.29 is 14.3 Å². The Morgan fingerprint density at radius 3 is 2.64 bits per heavy atom. The molecule has 1 heterocycles. The van der Waals surface area contributed by atoms with Crippen molar-refractivity contribution in [2.45, 2.75) is 13.0 Å². The minimum atomic E-state index is -0.138. The summed E-state index contributed by atoms with van der Waals surface area (Å²) in [7, 11) is 0. The predicted molar refractivity (Wildman–Crippen MR) is 112 cm³/mol. The van der Waals surface area contributed by atoms with Gasteiger partial charge in [0.05, 0.1) is 13.2 Å². The van der Waals surface area contributed by atoms with Crippen LogP contribution in [0.1, 0.15) is 22.3 Å². The number of morpholine rings is 1. The van der Waals surface area contributed by atoms with Crippen molar-refractivity contribution in [3.63, 3.8) is 0 Å². The van der Waals surface area contributed by atoms with Gasteiger partial charge in [0.25, 0.3) is 5.91 Å². The molecule has 2 aromatic carbocycles. The SMILES string of the molecule is O=C(CCN1CCOCC1)Nc1cccc(CNC(=O)c2cccc(Br)c2)c1. The molecule has 1 aliphatic heterocycles. The number of rotatable bonds is 7. The minimum absolute atomic E-state index is 0.0122. The van der Waals surface area contributed by atoms with Crippen molar-refractivity contribution >= 4 is 33.4 Å². The summed E-state index contributed by atoms with van der Waals surface area (Å²) in [5, 5.41) is 5.83. The van der Waals surface area contributed by atoms with Gasteiger partial charge >= 0.3 is 0 Å². The molecule has 0 aromatic heterocycles. The van der Waals surface area contributed by atoms with Gasteiger partial charge in [-0.3, -0.25) is 14.5 Å². The van der Waals surface area contributed by atoms with E-state index in [1.807, 2.05) is 36.4 Å². The molecule has 6 nitrogen and oxygen atoms in total. The van der Waals surface area contributed by atoms with E-state index in [0.29, 0.717) is 18.5 Å². The molecule has 0 radical (unpaired) electrons. The monoisotopic (exact) mass is 445 g/mol. The first-order chi connectivity index (χ1) is 13.6. The number of amides is 2. The Morgan fingerprint density at radius 2 is 1.86 bits per heavy atom. The fourth-order valence-corrected chi connectivity index (χ4v) is 3.38. The standard InChI is InChI=1S/C21H24BrN3O3/c22-18-5-2-4-17(14-18)21(27)23-15-16-3-1-6-19(13-16)24-20(26)7-8-25-9-11-28-12-10-25/h1-6,13-14H,7-12,15H2,(H,23,27)(H,24,26). The number of halogens is 1. The van der Waals surface area contributed by atoms with Gasteiger partial charge < -0.3 is 15.4 Å². The second-order valence-electron chi connectivity index (χ2n) is 6.65. The molecule has 28 heavy (non-hydrogen) atoms. The summed E-state index contributed by atoms with van der Waals surface area (Å²) >= 11 is 3.37. The van der Waals surface area contributed by atoms with Crippen molar-refractivity contribution in [1.82, 2.24) is 10.2 Å². The van der Waals surface area contributed by atoms with Crippen LogP contribution in [0.4, 0.5) is 5.69 Å². The molecule has 2 aromatic rings. The molecule has 1 saturated heterocycles. The van der Waals surface area contributed by atoms with Crippen LogP contribution in [0.3, 0.4) is 0 Å². The number of anilines is 1. The van der Waals surface area contributed by atoms with Crippen LogP contribution in [0.15, 0.2) is 53.0 Å². The second-order valence-corrected chi connectivity index (χ2v) is 7.56. The van der Waals surface area contributed by atoms with Gasteiger partial charge in [-0.05, 0) is 35.9 Å². The van der Waals surface area contributed by atoms with E-state index in [9.17, 15) is 9.59 Å². The first-order valence-corrected chi connectivity index (χ1v) is 10.1. The highest BCUT2D eigenvalue weighted by molar-refractivity contribution is 9.10. The summed E-state index contributed by atoms with van der Waals surface area (Å²) < 4.78 is 6.18. The van der Waals surface area contributed by atoms with E-state index in [2.05, 4.69) is 31.5 Å². The van der Waals surface area contributed by atoms with E-state index in [1.165, 1.54) is 0 Å². The maximum Gasteiger partial charge on any atom is 0.251 e. The number of hydrogen-bond acceptors (Lipinski definition) is 4. The Kier molecular flexibility index (Phi) is 7.59. The summed E-state index contributed by atoms with van der Waals surface area (Å²) in [5.74, 6) is -0.150. The van der Waals surface area contributed by atoms with Gasteiger partial charge in [-0.2, -0.15) is 0 Å². The van der Waals surface area contributed by atoms with E-state index < -0.39 is 0 Å². The molecule has 0 saturated carbocycles. The van der Waals surface area contributed by atoms with Crippen LogP contribution in [0, 0.1) is 0 Å². The largest absolute Gasteiger partial charge is 0.379 e. The molecule has 0 bridgehead atoms. The van der Waals surface area contributed by atoms with Crippen LogP contribution >= 0.6 is 15.9 Å². The van der Waals surface area contributed by atoms with Crippen molar-refractivity contribution in [3.8, 4) is 0 Å². The van der Waals surface area contributed by atoms with Gasteiger partial charge in [0.15, 0.2) is 0 Å². The summed E-state index contributed by atoms with van der Waals surface area (Å²) in [4.78, 5) is 26.7. The van der Waals surface area contributed by atoms with Gasteiger partial charge in [0.2, 0.25) is 5.91 Å². The van der Waals surface area contributed by atoms with Gasteiger partial charge in [-0.25, -0.2) is 0 Å². The molecular weight excluding hydrogens is 422 g/mol. The quantitative estimate of drug-likeness (QED) is 0.686. The van der Waals surface area contributed by atoms with Crippen molar-refractivity contribution in [2.75, 3.05) is 38.2 Å². The lowest BCUT2D eigenvalue weighted by atomic mass is 10.1. The number of carbonyl (C=O) groups excluding carboxylic acids is 2. The molecule has 2 N–H and O–H groups in total. The third-order valence-electron chi connectivity index (χ3n) is 4.51. The van der Waals surface area contributed by atoms with Gasteiger partial charge in [0, 0.05) is 48.3 Å². The molecule has 0 spiro atoms. The highest BCUT2D eigenvalue weighted by Gasteiger charge is 2.12. The number of ether oxygens (including phenoxy) is 1. The number of nitrogens with one attached hydrogen (secondary N) is 2. The zero-order valence-electron chi connectivity index (χ0n) is 15.6. The van der Waals surface area contributed by atoms with Gasteiger partial charge in [0.1, 0.15) is 0 Å².